The van der Waals surface area contributed by atoms with E-state index >= 15 is 0 Å². The number of carbonyl (C=O) groups is 2. The molecule has 0 bridgehead atoms. The number of amides is 2. The Morgan fingerprint density at radius 3 is 2.00 bits per heavy atom. The molecule has 0 spiro atoms. The van der Waals surface area contributed by atoms with Crippen molar-refractivity contribution in [1.29, 1.82) is 0 Å². The van der Waals surface area contributed by atoms with E-state index in [-0.39, 0.29) is 24.0 Å². The van der Waals surface area contributed by atoms with Gasteiger partial charge in [0, 0.05) is 31.0 Å². The number of sulfone groups is 1. The summed E-state index contributed by atoms with van der Waals surface area (Å²) in [5.41, 5.74) is 1.25. The molecule has 1 rings (SSSR count). The zero-order valence-corrected chi connectivity index (χ0v) is 12.3. The van der Waals surface area contributed by atoms with Gasteiger partial charge in [-0.2, -0.15) is 0 Å². The minimum atomic E-state index is -3.03. The minimum absolute atomic E-state index is 0.00187. The first-order chi connectivity index (χ1) is 9.26. The number of nitrogens with one attached hydrogen (secondary N) is 2. The van der Waals surface area contributed by atoms with Crippen LogP contribution >= 0.6 is 0 Å². The van der Waals surface area contributed by atoms with E-state index in [1.54, 1.807) is 24.3 Å². The lowest BCUT2D eigenvalue weighted by atomic mass is 10.2. The number of anilines is 2. The maximum atomic E-state index is 11.6. The molecule has 0 saturated carbocycles. The summed E-state index contributed by atoms with van der Waals surface area (Å²) in [7, 11) is -3.03. The van der Waals surface area contributed by atoms with Crippen LogP contribution in [-0.4, -0.2) is 32.2 Å². The van der Waals surface area contributed by atoms with Gasteiger partial charge in [-0.15, -0.1) is 0 Å². The summed E-state index contributed by atoms with van der Waals surface area (Å²) in [4.78, 5) is 22.4. The molecule has 1 aromatic carbocycles. The van der Waals surface area contributed by atoms with Crippen LogP contribution < -0.4 is 10.6 Å². The van der Waals surface area contributed by atoms with Crippen molar-refractivity contribution >= 4 is 33.0 Å². The molecule has 1 aromatic rings. The number of hydrogen-bond acceptors (Lipinski definition) is 4. The van der Waals surface area contributed by atoms with E-state index in [2.05, 4.69) is 10.6 Å². The molecule has 6 nitrogen and oxygen atoms in total. The molecule has 20 heavy (non-hydrogen) atoms. The molecule has 0 radical (unpaired) electrons. The Morgan fingerprint density at radius 2 is 1.55 bits per heavy atom. The predicted molar refractivity (Wildman–Crippen MR) is 78.3 cm³/mol. The van der Waals surface area contributed by atoms with Gasteiger partial charge in [0.25, 0.3) is 0 Å². The van der Waals surface area contributed by atoms with E-state index in [0.29, 0.717) is 17.8 Å². The summed E-state index contributed by atoms with van der Waals surface area (Å²) in [6.45, 7) is 1.41. The Morgan fingerprint density at radius 1 is 1.05 bits per heavy atom. The van der Waals surface area contributed by atoms with Crippen LogP contribution in [0.25, 0.3) is 0 Å². The van der Waals surface area contributed by atoms with Gasteiger partial charge in [-0.1, -0.05) is 0 Å². The molecule has 2 amide bonds. The van der Waals surface area contributed by atoms with E-state index in [1.165, 1.54) is 6.92 Å². The van der Waals surface area contributed by atoms with E-state index in [1.807, 2.05) is 0 Å². The molecule has 0 saturated heterocycles. The summed E-state index contributed by atoms with van der Waals surface area (Å²) in [6, 6.07) is 6.68. The van der Waals surface area contributed by atoms with Gasteiger partial charge in [0.15, 0.2) is 0 Å². The lowest BCUT2D eigenvalue weighted by molar-refractivity contribution is -0.116. The van der Waals surface area contributed by atoms with Crippen molar-refractivity contribution in [2.75, 3.05) is 22.6 Å². The van der Waals surface area contributed by atoms with Crippen LogP contribution in [0.15, 0.2) is 24.3 Å². The Bertz CT molecular complexity index is 579. The average molecular weight is 298 g/mol. The Kier molecular flexibility index (Phi) is 5.69. The van der Waals surface area contributed by atoms with Crippen molar-refractivity contribution in [3.05, 3.63) is 24.3 Å². The molecule has 0 heterocycles. The largest absolute Gasteiger partial charge is 0.326 e. The Labute approximate surface area is 118 Å². The van der Waals surface area contributed by atoms with Gasteiger partial charge in [-0.25, -0.2) is 8.42 Å². The molecule has 7 heteroatoms. The summed E-state index contributed by atoms with van der Waals surface area (Å²) in [5.74, 6) is -0.398. The minimum Gasteiger partial charge on any atom is -0.326 e. The van der Waals surface area contributed by atoms with Crippen molar-refractivity contribution in [1.82, 2.24) is 0 Å². The van der Waals surface area contributed by atoms with Gasteiger partial charge in [-0.05, 0) is 30.7 Å². The van der Waals surface area contributed by atoms with Gasteiger partial charge in [-0.3, -0.25) is 9.59 Å². The second-order valence-corrected chi connectivity index (χ2v) is 6.80. The highest BCUT2D eigenvalue weighted by molar-refractivity contribution is 7.90. The zero-order chi connectivity index (χ0) is 15.2. The fraction of sp³-hybridized carbons (Fsp3) is 0.385. The molecular formula is C13H18N2O4S. The summed E-state index contributed by atoms with van der Waals surface area (Å²) >= 11 is 0. The normalized spacial score (nSPS) is 10.9. The maximum Gasteiger partial charge on any atom is 0.224 e. The molecule has 0 unspecified atom stereocenters. The summed E-state index contributed by atoms with van der Waals surface area (Å²) in [6.07, 6.45) is 1.60. The van der Waals surface area contributed by atoms with Crippen LogP contribution in [0, 0.1) is 0 Å². The molecule has 0 fully saturated rings. The average Bonchev–Trinajstić information content (AvgIpc) is 2.29. The predicted octanol–water partition coefficient (Wildman–Crippen LogP) is 1.41. The first-order valence-corrected chi connectivity index (χ1v) is 8.17. The second kappa shape index (κ2) is 7.04. The lowest BCUT2D eigenvalue weighted by Crippen LogP contribution is -2.13. The maximum absolute atomic E-state index is 11.6. The van der Waals surface area contributed by atoms with Crippen molar-refractivity contribution in [3.8, 4) is 0 Å². The van der Waals surface area contributed by atoms with Crippen LogP contribution in [0.4, 0.5) is 11.4 Å². The third kappa shape index (κ3) is 6.89. The van der Waals surface area contributed by atoms with Gasteiger partial charge in [0.05, 0.1) is 5.75 Å². The highest BCUT2D eigenvalue weighted by Gasteiger charge is 2.06. The van der Waals surface area contributed by atoms with Crippen LogP contribution in [0.5, 0.6) is 0 Å². The van der Waals surface area contributed by atoms with Crippen LogP contribution in [0.2, 0.25) is 0 Å². The van der Waals surface area contributed by atoms with Gasteiger partial charge < -0.3 is 10.6 Å². The number of carbonyl (C=O) groups excluding carboxylic acids is 2. The molecule has 0 aromatic heterocycles. The van der Waals surface area contributed by atoms with Gasteiger partial charge in [0.1, 0.15) is 9.84 Å². The van der Waals surface area contributed by atoms with Crippen molar-refractivity contribution in [2.45, 2.75) is 19.8 Å². The smallest absolute Gasteiger partial charge is 0.224 e. The van der Waals surface area contributed by atoms with E-state index in [0.717, 1.165) is 6.26 Å². The SMILES string of the molecule is CC(=O)Nc1ccc(NC(=O)CCCS(C)(=O)=O)cc1. The third-order valence-corrected chi connectivity index (χ3v) is 3.44. The third-order valence-electron chi connectivity index (χ3n) is 2.41. The number of benzene rings is 1. The molecular weight excluding hydrogens is 280 g/mol. The summed E-state index contributed by atoms with van der Waals surface area (Å²) < 4.78 is 21.9. The molecule has 0 atom stereocenters. The fourth-order valence-corrected chi connectivity index (χ4v) is 2.23. The van der Waals surface area contributed by atoms with Gasteiger partial charge in [0.2, 0.25) is 11.8 Å². The number of rotatable bonds is 6. The Hall–Kier alpha value is -1.89. The Balaban J connectivity index is 2.44. The molecule has 2 N–H and O–H groups in total. The van der Waals surface area contributed by atoms with E-state index < -0.39 is 9.84 Å². The van der Waals surface area contributed by atoms with Gasteiger partial charge >= 0.3 is 0 Å². The molecule has 0 aliphatic rings. The van der Waals surface area contributed by atoms with E-state index in [4.69, 9.17) is 0 Å². The highest BCUT2D eigenvalue weighted by Crippen LogP contribution is 2.13. The quantitative estimate of drug-likeness (QED) is 0.830. The molecule has 110 valence electrons. The van der Waals surface area contributed by atoms with Crippen LogP contribution in [-0.2, 0) is 19.4 Å². The van der Waals surface area contributed by atoms with Crippen LogP contribution in [0.1, 0.15) is 19.8 Å². The van der Waals surface area contributed by atoms with Crippen molar-refractivity contribution in [2.24, 2.45) is 0 Å². The lowest BCUT2D eigenvalue weighted by Gasteiger charge is -2.06. The number of hydrogen-bond donors (Lipinski definition) is 2. The monoisotopic (exact) mass is 298 g/mol. The standard InChI is InChI=1S/C13H18N2O4S/c1-10(16)14-11-5-7-12(8-6-11)15-13(17)4-3-9-20(2,18)19/h5-8H,3-4,9H2,1-2H3,(H,14,16)(H,15,17). The topological polar surface area (TPSA) is 92.3 Å². The van der Waals surface area contributed by atoms with Crippen molar-refractivity contribution in [3.63, 3.8) is 0 Å². The van der Waals surface area contributed by atoms with Crippen molar-refractivity contribution < 1.29 is 18.0 Å². The highest BCUT2D eigenvalue weighted by atomic mass is 32.2. The summed E-state index contributed by atoms with van der Waals surface area (Å²) in [5, 5.41) is 5.28. The first kappa shape index (κ1) is 16.2. The molecule has 0 aliphatic carbocycles. The van der Waals surface area contributed by atoms with Crippen LogP contribution in [0.3, 0.4) is 0 Å². The fourth-order valence-electron chi connectivity index (χ4n) is 1.56. The zero-order valence-electron chi connectivity index (χ0n) is 11.5. The first-order valence-electron chi connectivity index (χ1n) is 6.11. The second-order valence-electron chi connectivity index (χ2n) is 4.54. The van der Waals surface area contributed by atoms with E-state index in [9.17, 15) is 18.0 Å². The molecule has 0 aliphatic heterocycles.